The second-order valence-electron chi connectivity index (χ2n) is 6.39. The van der Waals surface area contributed by atoms with E-state index in [1.54, 1.807) is 12.1 Å². The second-order valence-corrected chi connectivity index (χ2v) is 8.75. The minimum Gasteiger partial charge on any atom is -0.325 e. The third kappa shape index (κ3) is 3.42. The number of alkyl halides is 2. The lowest BCUT2D eigenvalue weighted by atomic mass is 9.81. The van der Waals surface area contributed by atoms with Crippen LogP contribution in [0.5, 0.6) is 0 Å². The van der Waals surface area contributed by atoms with Crippen LogP contribution in [0.25, 0.3) is 0 Å². The Labute approximate surface area is 157 Å². The minimum absolute atomic E-state index is 0.164. The Kier molecular flexibility index (Phi) is 5.11. The first-order valence-electron chi connectivity index (χ1n) is 7.86. The average Bonchev–Trinajstić information content (AvgIpc) is 2.75. The molecule has 1 saturated carbocycles. The van der Waals surface area contributed by atoms with Gasteiger partial charge in [-0.15, -0.1) is 0 Å². The summed E-state index contributed by atoms with van der Waals surface area (Å²) in [5.74, 6) is -1.45. The fraction of sp³-hybridized carbons (Fsp3) is 0.471. The maximum atomic E-state index is 12.5. The first-order valence-corrected chi connectivity index (χ1v) is 9.70. The Morgan fingerprint density at radius 2 is 1.58 bits per heavy atom. The number of fused-ring (bicyclic) bond motifs is 1. The molecule has 1 aromatic carbocycles. The van der Waals surface area contributed by atoms with Gasteiger partial charge in [-0.3, -0.25) is 19.3 Å². The van der Waals surface area contributed by atoms with Gasteiger partial charge in [-0.1, -0.05) is 49.6 Å². The molecule has 1 heterocycles. The van der Waals surface area contributed by atoms with Crippen molar-refractivity contribution in [2.24, 2.45) is 11.8 Å². The van der Waals surface area contributed by atoms with Gasteiger partial charge in [0, 0.05) is 15.3 Å². The van der Waals surface area contributed by atoms with Crippen LogP contribution in [0, 0.1) is 18.8 Å². The maximum Gasteiger partial charge on any atom is 0.244 e. The summed E-state index contributed by atoms with van der Waals surface area (Å²) in [4.78, 5) is 38.7. The molecule has 0 spiro atoms. The Morgan fingerprint density at radius 1 is 1.08 bits per heavy atom. The van der Waals surface area contributed by atoms with Crippen LogP contribution in [-0.2, 0) is 14.4 Å². The van der Waals surface area contributed by atoms with E-state index in [0.717, 1.165) is 10.5 Å². The molecular formula is C17H18Br2N2O3. The fourth-order valence-electron chi connectivity index (χ4n) is 3.30. The summed E-state index contributed by atoms with van der Waals surface area (Å²) in [6, 6.07) is 7.38. The van der Waals surface area contributed by atoms with Crippen molar-refractivity contribution in [3.05, 3.63) is 29.8 Å². The number of nitrogens with one attached hydrogen (secondary N) is 1. The van der Waals surface area contributed by atoms with Gasteiger partial charge in [-0.05, 0) is 31.9 Å². The molecule has 3 amide bonds. The zero-order chi connectivity index (χ0) is 17.4. The number of benzene rings is 1. The van der Waals surface area contributed by atoms with E-state index in [9.17, 15) is 14.4 Å². The smallest absolute Gasteiger partial charge is 0.244 e. The van der Waals surface area contributed by atoms with Crippen LogP contribution >= 0.6 is 31.9 Å². The Morgan fingerprint density at radius 3 is 2.08 bits per heavy atom. The number of carbonyl (C=O) groups is 3. The minimum atomic E-state index is -0.356. The number of amides is 3. The first kappa shape index (κ1) is 17.6. The zero-order valence-electron chi connectivity index (χ0n) is 13.2. The largest absolute Gasteiger partial charge is 0.325 e. The highest BCUT2D eigenvalue weighted by atomic mass is 79.9. The van der Waals surface area contributed by atoms with Crippen LogP contribution in [0.4, 0.5) is 5.69 Å². The number of rotatable bonds is 3. The highest BCUT2D eigenvalue weighted by Crippen LogP contribution is 2.43. The number of nitrogens with zero attached hydrogens (tertiary/aromatic N) is 1. The van der Waals surface area contributed by atoms with Gasteiger partial charge in [-0.25, -0.2) is 0 Å². The van der Waals surface area contributed by atoms with Gasteiger partial charge in [0.25, 0.3) is 0 Å². The van der Waals surface area contributed by atoms with Gasteiger partial charge in [0.2, 0.25) is 17.7 Å². The molecule has 24 heavy (non-hydrogen) atoms. The molecule has 5 nitrogen and oxygen atoms in total. The van der Waals surface area contributed by atoms with E-state index in [4.69, 9.17) is 0 Å². The quantitative estimate of drug-likeness (QED) is 0.560. The molecule has 2 aliphatic rings. The normalized spacial score (nSPS) is 29.5. The van der Waals surface area contributed by atoms with E-state index in [0.29, 0.717) is 18.5 Å². The van der Waals surface area contributed by atoms with Crippen LogP contribution in [-0.4, -0.2) is 38.8 Å². The number of imide groups is 1. The molecule has 1 saturated heterocycles. The van der Waals surface area contributed by atoms with Crippen molar-refractivity contribution < 1.29 is 14.4 Å². The topological polar surface area (TPSA) is 66.5 Å². The first-order chi connectivity index (χ1) is 11.4. The van der Waals surface area contributed by atoms with Crippen LogP contribution in [0.2, 0.25) is 0 Å². The summed E-state index contributed by atoms with van der Waals surface area (Å²) in [7, 11) is 0. The molecule has 128 valence electrons. The standard InChI is InChI=1S/C17H18Br2N2O3/c1-9-2-4-10(5-3-9)20-15(22)8-21-16(23)11-6-13(18)14(19)7-12(11)17(21)24/h2-5,11-14H,6-8H2,1H3,(H,20,22)/t11-,12-,13-,14+/m1/s1. The van der Waals surface area contributed by atoms with Crippen molar-refractivity contribution in [3.8, 4) is 0 Å². The molecule has 1 aliphatic heterocycles. The van der Waals surface area contributed by atoms with Crippen molar-refractivity contribution in [1.29, 1.82) is 0 Å². The van der Waals surface area contributed by atoms with Gasteiger partial charge in [0.05, 0.1) is 11.8 Å². The van der Waals surface area contributed by atoms with Gasteiger partial charge in [0.15, 0.2) is 0 Å². The summed E-state index contributed by atoms with van der Waals surface area (Å²) < 4.78 is 0. The van der Waals surface area contributed by atoms with E-state index in [1.165, 1.54) is 0 Å². The second kappa shape index (κ2) is 6.96. The van der Waals surface area contributed by atoms with E-state index in [2.05, 4.69) is 37.2 Å². The third-order valence-corrected chi connectivity index (χ3v) is 7.37. The Hall–Kier alpha value is -1.21. The number of anilines is 1. The predicted octanol–water partition coefficient (Wildman–Crippen LogP) is 2.86. The summed E-state index contributed by atoms with van der Waals surface area (Å²) >= 11 is 7.10. The SMILES string of the molecule is Cc1ccc(NC(=O)CN2C(=O)[C@@H]3C[C@@H](Br)[C@@H](Br)C[C@H]3C2=O)cc1. The Bertz CT molecular complexity index is 649. The molecule has 0 bridgehead atoms. The molecule has 0 unspecified atom stereocenters. The molecular weight excluding hydrogens is 440 g/mol. The molecule has 1 aliphatic carbocycles. The molecule has 2 fully saturated rings. The van der Waals surface area contributed by atoms with E-state index in [-0.39, 0.29) is 45.8 Å². The molecule has 0 aromatic heterocycles. The van der Waals surface area contributed by atoms with Gasteiger partial charge in [0.1, 0.15) is 6.54 Å². The van der Waals surface area contributed by atoms with Crippen molar-refractivity contribution >= 4 is 55.3 Å². The molecule has 0 radical (unpaired) electrons. The van der Waals surface area contributed by atoms with Crippen LogP contribution in [0.1, 0.15) is 18.4 Å². The number of halogens is 2. The Balaban J connectivity index is 1.66. The van der Waals surface area contributed by atoms with Crippen molar-refractivity contribution in [3.63, 3.8) is 0 Å². The summed E-state index contributed by atoms with van der Waals surface area (Å²) in [6.07, 6.45) is 1.22. The molecule has 1 aromatic rings. The lowest BCUT2D eigenvalue weighted by Crippen LogP contribution is -2.38. The molecule has 4 atom stereocenters. The monoisotopic (exact) mass is 456 g/mol. The van der Waals surface area contributed by atoms with Crippen LogP contribution in [0.15, 0.2) is 24.3 Å². The third-order valence-electron chi connectivity index (χ3n) is 4.64. The number of carbonyl (C=O) groups excluding carboxylic acids is 3. The number of likely N-dealkylation sites (tertiary alicyclic amines) is 1. The lowest BCUT2D eigenvalue weighted by Gasteiger charge is -2.29. The zero-order valence-corrected chi connectivity index (χ0v) is 16.3. The fourth-order valence-corrected chi connectivity index (χ4v) is 4.54. The number of aryl methyl sites for hydroxylation is 1. The highest BCUT2D eigenvalue weighted by molar-refractivity contribution is 9.12. The van der Waals surface area contributed by atoms with Gasteiger partial charge < -0.3 is 5.32 Å². The van der Waals surface area contributed by atoms with Crippen LogP contribution in [0.3, 0.4) is 0 Å². The highest BCUT2D eigenvalue weighted by Gasteiger charge is 2.52. The van der Waals surface area contributed by atoms with E-state index in [1.807, 2.05) is 19.1 Å². The summed E-state index contributed by atoms with van der Waals surface area (Å²) in [5, 5.41) is 2.73. The summed E-state index contributed by atoms with van der Waals surface area (Å²) in [5.41, 5.74) is 1.75. The van der Waals surface area contributed by atoms with E-state index < -0.39 is 0 Å². The lowest BCUT2D eigenvalue weighted by molar-refractivity contribution is -0.142. The van der Waals surface area contributed by atoms with Crippen molar-refractivity contribution in [2.45, 2.75) is 29.4 Å². The number of hydrogen-bond donors (Lipinski definition) is 1. The van der Waals surface area contributed by atoms with Crippen molar-refractivity contribution in [2.75, 3.05) is 11.9 Å². The molecule has 1 N–H and O–H groups in total. The molecule has 3 rings (SSSR count). The summed E-state index contributed by atoms with van der Waals surface area (Å²) in [6.45, 7) is 1.74. The maximum absolute atomic E-state index is 12.5. The van der Waals surface area contributed by atoms with Gasteiger partial charge >= 0.3 is 0 Å². The van der Waals surface area contributed by atoms with E-state index >= 15 is 0 Å². The number of hydrogen-bond acceptors (Lipinski definition) is 3. The average molecular weight is 458 g/mol. The van der Waals surface area contributed by atoms with Crippen molar-refractivity contribution in [1.82, 2.24) is 4.90 Å². The molecule has 7 heteroatoms. The van der Waals surface area contributed by atoms with Crippen LogP contribution < -0.4 is 5.32 Å². The predicted molar refractivity (Wildman–Crippen MR) is 98.2 cm³/mol. The van der Waals surface area contributed by atoms with Gasteiger partial charge in [-0.2, -0.15) is 0 Å².